The number of para-hydroxylation sites is 4. The van der Waals surface area contributed by atoms with Crippen LogP contribution in [0.15, 0.2) is 194 Å². The molecule has 0 radical (unpaired) electrons. The standard InChI is InChI=1S/C51H32ClN5/c52-51-54-49(41-23-9-7-19-37(41)33-27-29-47-43(31-33)39-21-11-13-25-45(39)56(47)35-15-3-1-4-16-35)53-50(55-51)42-24-10-8-20-38(42)34-28-30-48-44(32-34)40-22-12-14-26-46(40)57(48)36-17-5-2-6-18-36/h1-32H. The molecule has 0 spiro atoms. The van der Waals surface area contributed by atoms with Crippen molar-refractivity contribution < 1.29 is 0 Å². The van der Waals surface area contributed by atoms with Crippen LogP contribution in [0.25, 0.3) is 100 Å². The van der Waals surface area contributed by atoms with Gasteiger partial charge in [-0.25, -0.2) is 4.98 Å². The average Bonchev–Trinajstić information content (AvgIpc) is 3.79. The monoisotopic (exact) mass is 749 g/mol. The molecule has 0 saturated heterocycles. The number of fused-ring (bicyclic) bond motifs is 6. The van der Waals surface area contributed by atoms with E-state index in [-0.39, 0.29) is 5.28 Å². The van der Waals surface area contributed by atoms with Gasteiger partial charge in [-0.3, -0.25) is 0 Å². The van der Waals surface area contributed by atoms with Gasteiger partial charge >= 0.3 is 0 Å². The van der Waals surface area contributed by atoms with Crippen molar-refractivity contribution >= 4 is 55.2 Å². The highest BCUT2D eigenvalue weighted by atomic mass is 35.5. The molecule has 0 N–H and O–H groups in total. The van der Waals surface area contributed by atoms with Gasteiger partial charge in [-0.15, -0.1) is 0 Å². The van der Waals surface area contributed by atoms with E-state index in [9.17, 15) is 0 Å². The second-order valence-corrected chi connectivity index (χ2v) is 14.5. The molecule has 57 heavy (non-hydrogen) atoms. The predicted octanol–water partition coefficient (Wildman–Crippen LogP) is 13.4. The van der Waals surface area contributed by atoms with E-state index >= 15 is 0 Å². The van der Waals surface area contributed by atoms with Gasteiger partial charge in [0, 0.05) is 44.0 Å². The molecule has 11 aromatic rings. The summed E-state index contributed by atoms with van der Waals surface area (Å²) in [6, 6.07) is 68.1. The van der Waals surface area contributed by atoms with Gasteiger partial charge in [0.2, 0.25) is 5.28 Å². The van der Waals surface area contributed by atoms with Crippen LogP contribution in [0.1, 0.15) is 0 Å². The molecule has 0 atom stereocenters. The van der Waals surface area contributed by atoms with Crippen molar-refractivity contribution in [2.45, 2.75) is 0 Å². The Morgan fingerprint density at radius 2 is 0.684 bits per heavy atom. The molecule has 0 amide bonds. The topological polar surface area (TPSA) is 48.5 Å². The summed E-state index contributed by atoms with van der Waals surface area (Å²) in [5, 5.41) is 4.88. The molecule has 0 unspecified atom stereocenters. The summed E-state index contributed by atoms with van der Waals surface area (Å²) in [7, 11) is 0. The summed E-state index contributed by atoms with van der Waals surface area (Å²) in [6.07, 6.45) is 0. The van der Waals surface area contributed by atoms with E-state index in [0.29, 0.717) is 11.6 Å². The molecular weight excluding hydrogens is 718 g/mol. The molecule has 0 fully saturated rings. The first-order valence-corrected chi connectivity index (χ1v) is 19.4. The summed E-state index contributed by atoms with van der Waals surface area (Å²) < 4.78 is 4.66. The number of halogens is 1. The normalized spacial score (nSPS) is 11.6. The van der Waals surface area contributed by atoms with Gasteiger partial charge in [0.1, 0.15) is 0 Å². The fraction of sp³-hybridized carbons (Fsp3) is 0. The number of hydrogen-bond donors (Lipinski definition) is 0. The molecule has 3 heterocycles. The average molecular weight is 750 g/mol. The predicted molar refractivity (Wildman–Crippen MR) is 235 cm³/mol. The number of rotatable bonds is 6. The van der Waals surface area contributed by atoms with Crippen molar-refractivity contribution in [3.8, 4) is 56.4 Å². The van der Waals surface area contributed by atoms with E-state index in [0.717, 1.165) is 66.8 Å². The quantitative estimate of drug-likeness (QED) is 0.170. The highest BCUT2D eigenvalue weighted by Crippen LogP contribution is 2.40. The number of aromatic nitrogens is 5. The lowest BCUT2D eigenvalue weighted by molar-refractivity contribution is 1.07. The second kappa shape index (κ2) is 13.4. The molecule has 0 aliphatic heterocycles. The molecule has 3 aromatic heterocycles. The zero-order valence-electron chi connectivity index (χ0n) is 30.6. The third-order valence-corrected chi connectivity index (χ3v) is 11.1. The van der Waals surface area contributed by atoms with Crippen LogP contribution in [0, 0.1) is 0 Å². The van der Waals surface area contributed by atoms with E-state index in [4.69, 9.17) is 26.6 Å². The summed E-state index contributed by atoms with van der Waals surface area (Å²) in [4.78, 5) is 14.6. The van der Waals surface area contributed by atoms with E-state index in [1.54, 1.807) is 0 Å². The molecule has 6 heteroatoms. The van der Waals surface area contributed by atoms with Crippen molar-refractivity contribution in [2.24, 2.45) is 0 Å². The lowest BCUT2D eigenvalue weighted by atomic mass is 9.96. The van der Waals surface area contributed by atoms with Gasteiger partial charge in [-0.05, 0) is 94.5 Å². The Morgan fingerprint density at radius 1 is 0.316 bits per heavy atom. The molecule has 8 aromatic carbocycles. The Morgan fingerprint density at radius 3 is 1.14 bits per heavy atom. The maximum atomic E-state index is 6.79. The van der Waals surface area contributed by atoms with Crippen molar-refractivity contribution in [3.05, 3.63) is 199 Å². The van der Waals surface area contributed by atoms with Crippen LogP contribution in [0.4, 0.5) is 0 Å². The van der Waals surface area contributed by atoms with Crippen LogP contribution in [-0.4, -0.2) is 24.1 Å². The first-order valence-electron chi connectivity index (χ1n) is 19.0. The smallest absolute Gasteiger partial charge is 0.226 e. The molecule has 0 aliphatic carbocycles. The lowest BCUT2D eigenvalue weighted by Gasteiger charge is -2.13. The maximum Gasteiger partial charge on any atom is 0.226 e. The third kappa shape index (κ3) is 5.51. The third-order valence-electron chi connectivity index (χ3n) is 10.9. The second-order valence-electron chi connectivity index (χ2n) is 14.2. The SMILES string of the molecule is Clc1nc(-c2ccccc2-c2ccc3c(c2)c2ccccc2n3-c2ccccc2)nc(-c2ccccc2-c2ccc3c(c2)c2ccccc2n3-c2ccccc2)n1. The summed E-state index contributed by atoms with van der Waals surface area (Å²) in [5.41, 5.74) is 12.8. The highest BCUT2D eigenvalue weighted by Gasteiger charge is 2.19. The van der Waals surface area contributed by atoms with Crippen LogP contribution >= 0.6 is 11.6 Å². The fourth-order valence-corrected chi connectivity index (χ4v) is 8.60. The molecule has 0 aliphatic rings. The van der Waals surface area contributed by atoms with Crippen molar-refractivity contribution in [2.75, 3.05) is 0 Å². The van der Waals surface area contributed by atoms with Gasteiger partial charge in [-0.2, -0.15) is 9.97 Å². The van der Waals surface area contributed by atoms with Crippen LogP contribution < -0.4 is 0 Å². The molecule has 0 saturated carbocycles. The van der Waals surface area contributed by atoms with Gasteiger partial charge in [-0.1, -0.05) is 133 Å². The Labute approximate surface area is 333 Å². The van der Waals surface area contributed by atoms with Crippen molar-refractivity contribution in [3.63, 3.8) is 0 Å². The molecular formula is C51H32ClN5. The minimum atomic E-state index is 0.141. The van der Waals surface area contributed by atoms with Crippen LogP contribution in [0.3, 0.4) is 0 Å². The van der Waals surface area contributed by atoms with E-state index in [2.05, 4.69) is 191 Å². The molecule has 0 bridgehead atoms. The Hall–Kier alpha value is -7.34. The Balaban J connectivity index is 1.03. The minimum absolute atomic E-state index is 0.141. The van der Waals surface area contributed by atoms with E-state index in [1.807, 2.05) is 12.1 Å². The van der Waals surface area contributed by atoms with Crippen LogP contribution in [0.2, 0.25) is 5.28 Å². The zero-order valence-corrected chi connectivity index (χ0v) is 31.3. The molecule has 5 nitrogen and oxygen atoms in total. The first-order chi connectivity index (χ1) is 28.2. The van der Waals surface area contributed by atoms with Crippen molar-refractivity contribution in [1.29, 1.82) is 0 Å². The van der Waals surface area contributed by atoms with Gasteiger partial charge in [0.05, 0.1) is 22.1 Å². The largest absolute Gasteiger partial charge is 0.309 e. The number of nitrogens with zero attached hydrogens (tertiary/aromatic N) is 5. The van der Waals surface area contributed by atoms with Crippen molar-refractivity contribution in [1.82, 2.24) is 24.1 Å². The van der Waals surface area contributed by atoms with Gasteiger partial charge in [0.25, 0.3) is 0 Å². The Kier molecular flexibility index (Phi) is 7.79. The molecule has 11 rings (SSSR count). The van der Waals surface area contributed by atoms with Gasteiger partial charge < -0.3 is 9.13 Å². The van der Waals surface area contributed by atoms with E-state index < -0.39 is 0 Å². The van der Waals surface area contributed by atoms with Gasteiger partial charge in [0.15, 0.2) is 11.6 Å². The molecule has 268 valence electrons. The first kappa shape index (κ1) is 33.0. The number of hydrogen-bond acceptors (Lipinski definition) is 3. The summed E-state index contributed by atoms with van der Waals surface area (Å²) in [6.45, 7) is 0. The summed E-state index contributed by atoms with van der Waals surface area (Å²) in [5.74, 6) is 1.03. The maximum absolute atomic E-state index is 6.79. The fourth-order valence-electron chi connectivity index (χ4n) is 8.44. The minimum Gasteiger partial charge on any atom is -0.309 e. The zero-order chi connectivity index (χ0) is 37.9. The highest BCUT2D eigenvalue weighted by molar-refractivity contribution is 6.28. The Bertz CT molecular complexity index is 3090. The summed E-state index contributed by atoms with van der Waals surface area (Å²) >= 11 is 6.79. The number of benzene rings is 8. The van der Waals surface area contributed by atoms with E-state index in [1.165, 1.54) is 21.5 Å². The van der Waals surface area contributed by atoms with Crippen LogP contribution in [-0.2, 0) is 0 Å². The van der Waals surface area contributed by atoms with Crippen LogP contribution in [0.5, 0.6) is 0 Å². The lowest BCUT2D eigenvalue weighted by Crippen LogP contribution is -1.99.